The lowest BCUT2D eigenvalue weighted by Gasteiger charge is -2.19. The molecule has 3 rings (SSSR count). The van der Waals surface area contributed by atoms with Crippen molar-refractivity contribution >= 4 is 24.2 Å². The predicted molar refractivity (Wildman–Crippen MR) is 99.8 cm³/mol. The van der Waals surface area contributed by atoms with E-state index in [0.717, 1.165) is 11.1 Å². The van der Waals surface area contributed by atoms with Gasteiger partial charge in [0.05, 0.1) is 0 Å². The number of nitrogens with zero attached hydrogens (tertiary/aromatic N) is 1. The molecule has 2 aromatic carbocycles. The van der Waals surface area contributed by atoms with Gasteiger partial charge >= 0.3 is 7.12 Å². The second kappa shape index (κ2) is 7.99. The van der Waals surface area contributed by atoms with Crippen molar-refractivity contribution in [1.82, 2.24) is 5.32 Å². The lowest BCUT2D eigenvalue weighted by Crippen LogP contribution is -2.37. The molecule has 26 heavy (non-hydrogen) atoms. The molecule has 0 fully saturated rings. The third-order valence-corrected chi connectivity index (χ3v) is 4.20. The quantitative estimate of drug-likeness (QED) is 0.530. The Balaban J connectivity index is 1.92. The lowest BCUT2D eigenvalue weighted by molar-refractivity contribution is -0.125. The van der Waals surface area contributed by atoms with Crippen LogP contribution in [0.5, 0.6) is 0 Å². The highest BCUT2D eigenvalue weighted by atomic mass is 16.6. The van der Waals surface area contributed by atoms with E-state index in [1.165, 1.54) is 0 Å². The van der Waals surface area contributed by atoms with Crippen LogP contribution in [-0.4, -0.2) is 35.3 Å². The number of hydrogen-bond donors (Lipinski definition) is 3. The number of hydrogen-bond acceptors (Lipinski definition) is 5. The molecule has 1 aliphatic heterocycles. The summed E-state index contributed by atoms with van der Waals surface area (Å²) in [5.41, 5.74) is 2.46. The first-order chi connectivity index (χ1) is 12.6. The molecule has 0 aliphatic carbocycles. The normalized spacial score (nSPS) is 18.6. The minimum atomic E-state index is -1.55. The van der Waals surface area contributed by atoms with Gasteiger partial charge in [0.25, 0.3) is 0 Å². The van der Waals surface area contributed by atoms with E-state index in [1.807, 2.05) is 30.3 Å². The lowest BCUT2D eigenvalue weighted by atomic mass is 9.79. The van der Waals surface area contributed by atoms with Gasteiger partial charge in [-0.1, -0.05) is 65.8 Å². The van der Waals surface area contributed by atoms with Gasteiger partial charge in [-0.05, 0) is 11.0 Å². The van der Waals surface area contributed by atoms with Gasteiger partial charge in [-0.2, -0.15) is 0 Å². The van der Waals surface area contributed by atoms with Crippen LogP contribution >= 0.6 is 0 Å². The van der Waals surface area contributed by atoms with E-state index < -0.39 is 19.1 Å². The summed E-state index contributed by atoms with van der Waals surface area (Å²) in [6.45, 7) is 3.96. The number of nitrogens with one attached hydrogen (secondary N) is 1. The van der Waals surface area contributed by atoms with E-state index in [-0.39, 0.29) is 5.91 Å². The highest BCUT2D eigenvalue weighted by molar-refractivity contribution is 6.58. The van der Waals surface area contributed by atoms with Crippen molar-refractivity contribution in [3.8, 4) is 0 Å². The number of rotatable bonds is 6. The van der Waals surface area contributed by atoms with Crippen LogP contribution in [0.15, 0.2) is 72.4 Å². The number of amides is 1. The summed E-state index contributed by atoms with van der Waals surface area (Å²) in [7, 11) is -1.55. The molecule has 0 radical (unpaired) electrons. The molecule has 0 spiro atoms. The largest absolute Gasteiger partial charge is 0.488 e. The molecule has 0 unspecified atom stereocenters. The van der Waals surface area contributed by atoms with Crippen LogP contribution in [0.1, 0.15) is 17.2 Å². The number of oxime groups is 1. The van der Waals surface area contributed by atoms with E-state index >= 15 is 0 Å². The molecule has 1 amide bonds. The molecule has 2 atom stereocenters. The zero-order valence-electron chi connectivity index (χ0n) is 14.1. The fourth-order valence-electron chi connectivity index (χ4n) is 2.87. The predicted octanol–water partition coefficient (Wildman–Crippen LogP) is 0.760. The molecule has 0 saturated carbocycles. The summed E-state index contributed by atoms with van der Waals surface area (Å²) < 4.78 is 0. The SMILES string of the molecule is C=CCNC(=O)[C@@H]1C(c2ccccc2)=NO[C@H]1c1ccc(B(O)O)cc1. The fourth-order valence-corrected chi connectivity index (χ4v) is 2.87. The van der Waals surface area contributed by atoms with Crippen LogP contribution in [0, 0.1) is 5.92 Å². The van der Waals surface area contributed by atoms with E-state index in [9.17, 15) is 14.8 Å². The Labute approximate surface area is 152 Å². The Morgan fingerprint density at radius 2 is 1.88 bits per heavy atom. The zero-order chi connectivity index (χ0) is 18.5. The van der Waals surface area contributed by atoms with Gasteiger partial charge in [-0.3, -0.25) is 4.79 Å². The Kier molecular flexibility index (Phi) is 5.50. The molecule has 2 aromatic rings. The maximum Gasteiger partial charge on any atom is 0.488 e. The van der Waals surface area contributed by atoms with Crippen molar-refractivity contribution in [3.05, 3.63) is 78.4 Å². The van der Waals surface area contributed by atoms with Crippen molar-refractivity contribution in [2.24, 2.45) is 11.1 Å². The monoisotopic (exact) mass is 350 g/mol. The summed E-state index contributed by atoms with van der Waals surface area (Å²) in [6.07, 6.45) is 1.01. The van der Waals surface area contributed by atoms with Crippen molar-refractivity contribution < 1.29 is 19.7 Å². The third kappa shape index (κ3) is 3.69. The Hall–Kier alpha value is -2.90. The van der Waals surface area contributed by atoms with Gasteiger partial charge < -0.3 is 20.2 Å². The highest BCUT2D eigenvalue weighted by Gasteiger charge is 2.41. The van der Waals surface area contributed by atoms with Crippen LogP contribution in [0.3, 0.4) is 0 Å². The van der Waals surface area contributed by atoms with Gasteiger partial charge in [0, 0.05) is 12.1 Å². The van der Waals surface area contributed by atoms with Gasteiger partial charge in [0.15, 0.2) is 6.10 Å². The molecule has 1 aliphatic rings. The first-order valence-electron chi connectivity index (χ1n) is 8.25. The summed E-state index contributed by atoms with van der Waals surface area (Å²) in [6, 6.07) is 16.0. The standard InChI is InChI=1S/C19H19BN2O4/c1-2-12-21-19(23)16-17(13-6-4-3-5-7-13)22-26-18(16)14-8-10-15(11-9-14)20(24)25/h2-11,16,18,24-25H,1,12H2,(H,21,23)/t16-,18+/m1/s1. The topological polar surface area (TPSA) is 91.2 Å². The summed E-state index contributed by atoms with van der Waals surface area (Å²) in [4.78, 5) is 18.3. The maximum absolute atomic E-state index is 12.7. The number of carbonyl (C=O) groups excluding carboxylic acids is 1. The van der Waals surface area contributed by atoms with E-state index in [0.29, 0.717) is 17.7 Å². The molecule has 3 N–H and O–H groups in total. The first kappa shape index (κ1) is 17.9. The number of benzene rings is 2. The van der Waals surface area contributed by atoms with E-state index in [1.54, 1.807) is 30.3 Å². The van der Waals surface area contributed by atoms with Gasteiger partial charge in [-0.25, -0.2) is 0 Å². The summed E-state index contributed by atoms with van der Waals surface area (Å²) >= 11 is 0. The van der Waals surface area contributed by atoms with E-state index in [4.69, 9.17) is 4.84 Å². The molecule has 0 saturated heterocycles. The minimum Gasteiger partial charge on any atom is -0.423 e. The molecule has 7 heteroatoms. The van der Waals surface area contributed by atoms with Gasteiger partial charge in [0.2, 0.25) is 5.91 Å². The average Bonchev–Trinajstić information content (AvgIpc) is 3.12. The van der Waals surface area contributed by atoms with Gasteiger partial charge in [0.1, 0.15) is 11.6 Å². The summed E-state index contributed by atoms with van der Waals surface area (Å²) in [5, 5.41) is 25.4. The zero-order valence-corrected chi connectivity index (χ0v) is 14.1. The molecule has 1 heterocycles. The average molecular weight is 350 g/mol. The molecule has 0 bridgehead atoms. The smallest absolute Gasteiger partial charge is 0.423 e. The fraction of sp³-hybridized carbons (Fsp3) is 0.158. The molecular formula is C19H19BN2O4. The van der Waals surface area contributed by atoms with Crippen LogP contribution in [0.2, 0.25) is 0 Å². The van der Waals surface area contributed by atoms with Crippen molar-refractivity contribution in [3.63, 3.8) is 0 Å². The summed E-state index contributed by atoms with van der Waals surface area (Å²) in [5.74, 6) is -0.830. The van der Waals surface area contributed by atoms with Crippen LogP contribution in [0.4, 0.5) is 0 Å². The van der Waals surface area contributed by atoms with Crippen LogP contribution in [0.25, 0.3) is 0 Å². The Morgan fingerprint density at radius 3 is 2.50 bits per heavy atom. The highest BCUT2D eigenvalue weighted by Crippen LogP contribution is 2.35. The Morgan fingerprint density at radius 1 is 1.19 bits per heavy atom. The van der Waals surface area contributed by atoms with Crippen LogP contribution in [-0.2, 0) is 9.63 Å². The molecule has 0 aromatic heterocycles. The third-order valence-electron chi connectivity index (χ3n) is 4.20. The van der Waals surface area contributed by atoms with Crippen molar-refractivity contribution in [2.75, 3.05) is 6.54 Å². The van der Waals surface area contributed by atoms with Crippen LogP contribution < -0.4 is 10.8 Å². The second-order valence-electron chi connectivity index (χ2n) is 5.92. The second-order valence-corrected chi connectivity index (χ2v) is 5.92. The molecule has 132 valence electrons. The van der Waals surface area contributed by atoms with Crippen molar-refractivity contribution in [2.45, 2.75) is 6.10 Å². The van der Waals surface area contributed by atoms with Crippen molar-refractivity contribution in [1.29, 1.82) is 0 Å². The maximum atomic E-state index is 12.7. The minimum absolute atomic E-state index is 0.207. The Bertz CT molecular complexity index is 806. The van der Waals surface area contributed by atoms with E-state index in [2.05, 4.69) is 17.1 Å². The molecule has 6 nitrogen and oxygen atoms in total. The molecular weight excluding hydrogens is 331 g/mol. The number of carbonyl (C=O) groups is 1. The first-order valence-corrected chi connectivity index (χ1v) is 8.25. The van der Waals surface area contributed by atoms with Gasteiger partial charge in [-0.15, -0.1) is 6.58 Å².